The number of phenolic OH excluding ortho intramolecular Hbond substituents is 2. The third-order valence-electron chi connectivity index (χ3n) is 2.90. The molecule has 1 aromatic heterocycles. The Kier molecular flexibility index (Phi) is 2.98. The van der Waals surface area contributed by atoms with Crippen LogP contribution in [0.2, 0.25) is 0 Å². The summed E-state index contributed by atoms with van der Waals surface area (Å²) in [6.45, 7) is 0.494. The highest BCUT2D eigenvalue weighted by Gasteiger charge is 2.19. The van der Waals surface area contributed by atoms with Crippen molar-refractivity contribution < 1.29 is 24.8 Å². The molecule has 0 amide bonds. The van der Waals surface area contributed by atoms with E-state index >= 15 is 0 Å². The molecular formula is C12H12O6. The van der Waals surface area contributed by atoms with Crippen molar-refractivity contribution >= 4 is 10.8 Å². The van der Waals surface area contributed by atoms with Crippen molar-refractivity contribution in [3.63, 3.8) is 0 Å². The van der Waals surface area contributed by atoms with Gasteiger partial charge in [0, 0.05) is 17.0 Å². The van der Waals surface area contributed by atoms with Crippen LogP contribution in [0.25, 0.3) is 10.8 Å². The first kappa shape index (κ1) is 12.4. The van der Waals surface area contributed by atoms with E-state index in [0.29, 0.717) is 5.56 Å². The SMILES string of the molecule is Cc1c(O)cc(O)c2c(=O)oc(CO)c(CO)c12. The number of fused-ring (bicyclic) bond motifs is 1. The van der Waals surface area contributed by atoms with Gasteiger partial charge in [-0.05, 0) is 12.5 Å². The van der Waals surface area contributed by atoms with Gasteiger partial charge in [0.15, 0.2) is 0 Å². The molecule has 0 saturated carbocycles. The number of hydrogen-bond donors (Lipinski definition) is 4. The molecule has 0 bridgehead atoms. The predicted molar refractivity (Wildman–Crippen MR) is 62.4 cm³/mol. The Morgan fingerprint density at radius 3 is 2.33 bits per heavy atom. The Labute approximate surface area is 101 Å². The fourth-order valence-electron chi connectivity index (χ4n) is 2.00. The van der Waals surface area contributed by atoms with Crippen LogP contribution in [0.3, 0.4) is 0 Å². The maximum absolute atomic E-state index is 11.7. The Bertz CT molecular complexity index is 671. The summed E-state index contributed by atoms with van der Waals surface area (Å²) in [4.78, 5) is 11.7. The largest absolute Gasteiger partial charge is 0.508 e. The molecule has 1 heterocycles. The van der Waals surface area contributed by atoms with Gasteiger partial charge >= 0.3 is 5.63 Å². The average Bonchev–Trinajstić information content (AvgIpc) is 2.34. The number of aromatic hydroxyl groups is 2. The van der Waals surface area contributed by atoms with Gasteiger partial charge in [0.2, 0.25) is 0 Å². The summed E-state index contributed by atoms with van der Waals surface area (Å²) in [5.74, 6) is -0.715. The number of hydrogen-bond acceptors (Lipinski definition) is 6. The van der Waals surface area contributed by atoms with Crippen LogP contribution >= 0.6 is 0 Å². The summed E-state index contributed by atoms with van der Waals surface area (Å²) in [5, 5.41) is 37.8. The molecular weight excluding hydrogens is 240 g/mol. The normalized spacial score (nSPS) is 11.1. The molecule has 0 fully saturated rings. The highest BCUT2D eigenvalue weighted by Crippen LogP contribution is 2.35. The molecule has 6 nitrogen and oxygen atoms in total. The van der Waals surface area contributed by atoms with Gasteiger partial charge in [-0.3, -0.25) is 0 Å². The minimum absolute atomic E-state index is 0.0805. The Morgan fingerprint density at radius 1 is 1.11 bits per heavy atom. The fraction of sp³-hybridized carbons (Fsp3) is 0.250. The summed E-state index contributed by atoms with van der Waals surface area (Å²) in [6.07, 6.45) is 0. The van der Waals surface area contributed by atoms with Crippen molar-refractivity contribution in [3.05, 3.63) is 33.4 Å². The topological polar surface area (TPSA) is 111 Å². The van der Waals surface area contributed by atoms with E-state index in [1.165, 1.54) is 6.92 Å². The molecule has 0 aliphatic rings. The monoisotopic (exact) mass is 252 g/mol. The van der Waals surface area contributed by atoms with Gasteiger partial charge in [-0.25, -0.2) is 4.79 Å². The third kappa shape index (κ3) is 1.62. The summed E-state index contributed by atoms with van der Waals surface area (Å²) in [5.41, 5.74) is -0.322. The maximum atomic E-state index is 11.7. The number of aliphatic hydroxyl groups is 2. The van der Waals surface area contributed by atoms with Gasteiger partial charge in [-0.15, -0.1) is 0 Å². The first-order valence-corrected chi connectivity index (χ1v) is 5.23. The molecule has 0 aliphatic carbocycles. The van der Waals surface area contributed by atoms with Crippen molar-refractivity contribution in [2.45, 2.75) is 20.1 Å². The van der Waals surface area contributed by atoms with E-state index in [1.807, 2.05) is 0 Å². The molecule has 0 unspecified atom stereocenters. The third-order valence-corrected chi connectivity index (χ3v) is 2.90. The van der Waals surface area contributed by atoms with Crippen LogP contribution in [-0.4, -0.2) is 20.4 Å². The lowest BCUT2D eigenvalue weighted by molar-refractivity contribution is 0.224. The highest BCUT2D eigenvalue weighted by molar-refractivity contribution is 5.94. The zero-order chi connectivity index (χ0) is 13.4. The average molecular weight is 252 g/mol. The Morgan fingerprint density at radius 2 is 1.78 bits per heavy atom. The lowest BCUT2D eigenvalue weighted by Crippen LogP contribution is -2.08. The highest BCUT2D eigenvalue weighted by atomic mass is 16.4. The van der Waals surface area contributed by atoms with Crippen LogP contribution < -0.4 is 5.63 Å². The second-order valence-corrected chi connectivity index (χ2v) is 3.90. The predicted octanol–water partition coefficient (Wildman–Crippen LogP) is 0.497. The van der Waals surface area contributed by atoms with E-state index in [0.717, 1.165) is 6.07 Å². The van der Waals surface area contributed by atoms with E-state index in [1.54, 1.807) is 0 Å². The number of aryl methyl sites for hydroxylation is 1. The minimum Gasteiger partial charge on any atom is -0.508 e. The van der Waals surface area contributed by atoms with Gasteiger partial charge in [-0.2, -0.15) is 0 Å². The number of rotatable bonds is 2. The lowest BCUT2D eigenvalue weighted by atomic mass is 9.99. The van der Waals surface area contributed by atoms with Gasteiger partial charge in [0.05, 0.1) is 6.61 Å². The van der Waals surface area contributed by atoms with Crippen molar-refractivity contribution in [1.29, 1.82) is 0 Å². The Hall–Kier alpha value is -2.05. The second kappa shape index (κ2) is 4.32. The smallest absolute Gasteiger partial charge is 0.347 e. The van der Waals surface area contributed by atoms with Gasteiger partial charge in [0.25, 0.3) is 0 Å². The Balaban J connectivity index is 3.11. The lowest BCUT2D eigenvalue weighted by Gasteiger charge is -2.12. The van der Waals surface area contributed by atoms with E-state index < -0.39 is 24.6 Å². The fourth-order valence-corrected chi connectivity index (χ4v) is 2.00. The van der Waals surface area contributed by atoms with E-state index in [4.69, 9.17) is 9.52 Å². The van der Waals surface area contributed by atoms with Crippen molar-refractivity contribution in [2.75, 3.05) is 0 Å². The summed E-state index contributed by atoms with van der Waals surface area (Å²) in [7, 11) is 0. The molecule has 2 aromatic rings. The number of phenols is 2. The standard InChI is InChI=1S/C12H12O6/c1-5-7(15)2-8(16)11-10(5)6(3-13)9(4-14)18-12(11)17/h2,13-16H,3-4H2,1H3. The van der Waals surface area contributed by atoms with E-state index in [9.17, 15) is 20.1 Å². The van der Waals surface area contributed by atoms with Crippen molar-refractivity contribution in [1.82, 2.24) is 0 Å². The van der Waals surface area contributed by atoms with Crippen LogP contribution in [-0.2, 0) is 13.2 Å². The summed E-state index contributed by atoms with van der Waals surface area (Å²) in [6, 6.07) is 1.04. The van der Waals surface area contributed by atoms with Crippen molar-refractivity contribution in [3.8, 4) is 11.5 Å². The minimum atomic E-state index is -0.827. The van der Waals surface area contributed by atoms with Crippen molar-refractivity contribution in [2.24, 2.45) is 0 Å². The molecule has 2 rings (SSSR count). The molecule has 4 N–H and O–H groups in total. The van der Waals surface area contributed by atoms with Gasteiger partial charge in [-0.1, -0.05) is 0 Å². The van der Waals surface area contributed by atoms with Crippen LogP contribution in [0.15, 0.2) is 15.3 Å². The molecule has 1 aromatic carbocycles. The van der Waals surface area contributed by atoms with Gasteiger partial charge in [0.1, 0.15) is 29.3 Å². The number of aliphatic hydroxyl groups excluding tert-OH is 2. The van der Waals surface area contributed by atoms with E-state index in [2.05, 4.69) is 0 Å². The summed E-state index contributed by atoms with van der Waals surface area (Å²) < 4.78 is 4.83. The van der Waals surface area contributed by atoms with Crippen LogP contribution in [0, 0.1) is 6.92 Å². The van der Waals surface area contributed by atoms with Crippen LogP contribution in [0.5, 0.6) is 11.5 Å². The summed E-state index contributed by atoms with van der Waals surface area (Å²) >= 11 is 0. The number of benzene rings is 1. The van der Waals surface area contributed by atoms with Gasteiger partial charge < -0.3 is 24.8 Å². The van der Waals surface area contributed by atoms with E-state index in [-0.39, 0.29) is 27.8 Å². The first-order valence-electron chi connectivity index (χ1n) is 5.23. The molecule has 0 aliphatic heterocycles. The molecule has 6 heteroatoms. The zero-order valence-electron chi connectivity index (χ0n) is 9.60. The molecule has 0 saturated heterocycles. The molecule has 96 valence electrons. The second-order valence-electron chi connectivity index (χ2n) is 3.90. The quantitative estimate of drug-likeness (QED) is 0.619. The molecule has 0 spiro atoms. The molecule has 0 radical (unpaired) electrons. The maximum Gasteiger partial charge on any atom is 0.347 e. The zero-order valence-corrected chi connectivity index (χ0v) is 9.60. The molecule has 0 atom stereocenters. The molecule has 18 heavy (non-hydrogen) atoms. The van der Waals surface area contributed by atoms with Crippen LogP contribution in [0.4, 0.5) is 0 Å². The van der Waals surface area contributed by atoms with Crippen LogP contribution in [0.1, 0.15) is 16.9 Å². The first-order chi connectivity index (χ1) is 8.51.